The predicted octanol–water partition coefficient (Wildman–Crippen LogP) is 10.6. The van der Waals surface area contributed by atoms with Crippen molar-refractivity contribution in [1.82, 2.24) is 4.98 Å². The zero-order valence-electron chi connectivity index (χ0n) is 29.5. The lowest BCUT2D eigenvalue weighted by Crippen LogP contribution is -2.15. The van der Waals surface area contributed by atoms with Crippen molar-refractivity contribution in [3.63, 3.8) is 0 Å². The van der Waals surface area contributed by atoms with Gasteiger partial charge in [0, 0.05) is 50.1 Å². The quantitative estimate of drug-likeness (QED) is 0.0422. The van der Waals surface area contributed by atoms with Gasteiger partial charge >= 0.3 is 0 Å². The van der Waals surface area contributed by atoms with E-state index in [1.807, 2.05) is 84.9 Å². The molecule has 1 heterocycles. The number of aromatic nitrogens is 1. The third-order valence-electron chi connectivity index (χ3n) is 9.30. The smallest absolute Gasteiger partial charge is 0.170 e. The Morgan fingerprint density at radius 2 is 0.911 bits per heavy atom. The summed E-state index contributed by atoms with van der Waals surface area (Å²) >= 11 is 12.7. The molecule has 0 spiro atoms. The number of nitrogens with zero attached hydrogens (tertiary/aromatic N) is 3. The van der Waals surface area contributed by atoms with Crippen LogP contribution < -0.4 is 11.5 Å². The van der Waals surface area contributed by atoms with Gasteiger partial charge in [-0.15, -0.1) is 0 Å². The topological polar surface area (TPSA) is 171 Å². The molecule has 0 radical (unpaired) electrons. The number of nitrogens with two attached hydrogens (primary N) is 2. The Morgan fingerprint density at radius 3 is 1.39 bits per heavy atom. The van der Waals surface area contributed by atoms with Crippen molar-refractivity contribution in [3.8, 4) is 56.0 Å². The number of oxime groups is 2. The number of rotatable bonds is 6. The first-order chi connectivity index (χ1) is 27.1. The van der Waals surface area contributed by atoms with Gasteiger partial charge in [0.1, 0.15) is 11.5 Å². The summed E-state index contributed by atoms with van der Waals surface area (Å²) in [6.45, 7) is 0. The van der Waals surface area contributed by atoms with Crippen molar-refractivity contribution in [2.75, 3.05) is 0 Å². The van der Waals surface area contributed by atoms with Crippen LogP contribution in [0.3, 0.4) is 0 Å². The minimum absolute atomic E-state index is 0.0225. The first-order valence-corrected chi connectivity index (χ1v) is 17.9. The first-order valence-electron chi connectivity index (χ1n) is 17.2. The molecule has 0 fully saturated rings. The summed E-state index contributed by atoms with van der Waals surface area (Å²) in [6, 6.07) is 42.7. The Bertz CT molecular complexity index is 2600. The second-order valence-corrected chi connectivity index (χ2v) is 13.7. The summed E-state index contributed by atoms with van der Waals surface area (Å²) in [5.74, 6) is 0.287. The molecule has 0 aliphatic rings. The highest BCUT2D eigenvalue weighted by molar-refractivity contribution is 6.32. The van der Waals surface area contributed by atoms with E-state index in [1.165, 1.54) is 0 Å². The lowest BCUT2D eigenvalue weighted by atomic mass is 9.89. The van der Waals surface area contributed by atoms with Gasteiger partial charge in [-0.2, -0.15) is 0 Å². The van der Waals surface area contributed by atoms with E-state index in [1.54, 1.807) is 60.9 Å². The van der Waals surface area contributed by atoms with Crippen LogP contribution in [-0.4, -0.2) is 37.3 Å². The summed E-state index contributed by atoms with van der Waals surface area (Å²) in [5.41, 5.74) is 19.7. The molecule has 0 bridgehead atoms. The molecule has 1 aromatic heterocycles. The predicted molar refractivity (Wildman–Crippen MR) is 226 cm³/mol. The van der Waals surface area contributed by atoms with E-state index in [2.05, 4.69) is 21.4 Å². The molecule has 8 N–H and O–H groups in total. The van der Waals surface area contributed by atoms with Gasteiger partial charge in [-0.25, -0.2) is 0 Å². The molecular formula is C45H33Cl2N5O4. The molecule has 0 unspecified atom stereocenters. The van der Waals surface area contributed by atoms with Crippen LogP contribution in [0.25, 0.3) is 66.1 Å². The van der Waals surface area contributed by atoms with Crippen molar-refractivity contribution in [2.24, 2.45) is 21.8 Å². The molecule has 8 rings (SSSR count). The highest BCUT2D eigenvalue weighted by Gasteiger charge is 2.19. The maximum atomic E-state index is 9.65. The lowest BCUT2D eigenvalue weighted by molar-refractivity contribution is 0.318. The number of phenols is 2. The van der Waals surface area contributed by atoms with Gasteiger partial charge in [-0.1, -0.05) is 106 Å². The maximum absolute atomic E-state index is 9.65. The van der Waals surface area contributed by atoms with E-state index in [-0.39, 0.29) is 23.2 Å². The van der Waals surface area contributed by atoms with Gasteiger partial charge in [0.15, 0.2) is 11.7 Å². The number of benzene rings is 7. The standard InChI is InChI=1S/C23H17ClN2O2.C22H16ClN3O2/c24-18-12-20(15-7-9-19(27)10-8-15)22(21(13-18)23(25)26-28)17-6-5-14-3-1-2-4-16(14)11-17;23-17-10-19(13-3-5-18(27)6-4-13)21(20(11-17)22(24)26-28)15-1-2-16-12-25-8-7-14(16)9-15/h1-13,27-28H,(H2,25,26);1-12,27-28H,(H2,24,26). The Hall–Kier alpha value is -7.07. The average molecular weight is 779 g/mol. The fourth-order valence-corrected chi connectivity index (χ4v) is 7.10. The van der Waals surface area contributed by atoms with Gasteiger partial charge in [-0.3, -0.25) is 4.98 Å². The molecule has 276 valence electrons. The molecule has 8 aromatic rings. The highest BCUT2D eigenvalue weighted by Crippen LogP contribution is 2.40. The highest BCUT2D eigenvalue weighted by atomic mass is 35.5. The Balaban J connectivity index is 0.000000172. The number of halogens is 2. The van der Waals surface area contributed by atoms with Crippen LogP contribution >= 0.6 is 23.2 Å². The molecule has 0 aliphatic carbocycles. The maximum Gasteiger partial charge on any atom is 0.170 e. The van der Waals surface area contributed by atoms with E-state index in [0.29, 0.717) is 21.2 Å². The van der Waals surface area contributed by atoms with E-state index in [0.717, 1.165) is 66.1 Å². The van der Waals surface area contributed by atoms with Crippen molar-refractivity contribution in [2.45, 2.75) is 0 Å². The van der Waals surface area contributed by atoms with Gasteiger partial charge in [0.25, 0.3) is 0 Å². The van der Waals surface area contributed by atoms with E-state index < -0.39 is 0 Å². The molecule has 56 heavy (non-hydrogen) atoms. The Morgan fingerprint density at radius 1 is 0.482 bits per heavy atom. The summed E-state index contributed by atoms with van der Waals surface area (Å²) in [6.07, 6.45) is 3.53. The summed E-state index contributed by atoms with van der Waals surface area (Å²) in [7, 11) is 0. The normalized spacial score (nSPS) is 11.7. The van der Waals surface area contributed by atoms with Gasteiger partial charge < -0.3 is 32.1 Å². The van der Waals surface area contributed by atoms with E-state index in [9.17, 15) is 20.6 Å². The van der Waals surface area contributed by atoms with Gasteiger partial charge in [0.2, 0.25) is 0 Å². The van der Waals surface area contributed by atoms with E-state index >= 15 is 0 Å². The fourth-order valence-electron chi connectivity index (χ4n) is 6.67. The van der Waals surface area contributed by atoms with Crippen LogP contribution in [0, 0.1) is 0 Å². The molecular weight excluding hydrogens is 745 g/mol. The minimum Gasteiger partial charge on any atom is -0.508 e. The zero-order valence-corrected chi connectivity index (χ0v) is 31.0. The minimum atomic E-state index is -0.0349. The third-order valence-corrected chi connectivity index (χ3v) is 9.73. The summed E-state index contributed by atoms with van der Waals surface area (Å²) < 4.78 is 0. The molecule has 0 amide bonds. The third kappa shape index (κ3) is 7.76. The number of pyridine rings is 1. The van der Waals surface area contributed by atoms with Crippen LogP contribution in [0.15, 0.2) is 162 Å². The zero-order chi connectivity index (χ0) is 39.3. The number of hydrogen-bond donors (Lipinski definition) is 6. The van der Waals surface area contributed by atoms with Gasteiger partial charge in [-0.05, 0) is 116 Å². The Labute approximate surface area is 331 Å². The fraction of sp³-hybridized carbons (Fsp3) is 0. The monoisotopic (exact) mass is 777 g/mol. The number of hydrogen-bond acceptors (Lipinski definition) is 7. The Kier molecular flexibility index (Phi) is 10.7. The number of phenolic OH excluding ortho intramolecular Hbond substituents is 2. The van der Waals surface area contributed by atoms with Crippen LogP contribution in [0.4, 0.5) is 0 Å². The largest absolute Gasteiger partial charge is 0.508 e. The molecule has 9 nitrogen and oxygen atoms in total. The van der Waals surface area contributed by atoms with Crippen molar-refractivity contribution in [3.05, 3.63) is 173 Å². The number of aromatic hydroxyl groups is 2. The van der Waals surface area contributed by atoms with Crippen LogP contribution in [-0.2, 0) is 0 Å². The molecule has 0 aliphatic heterocycles. The van der Waals surface area contributed by atoms with Crippen molar-refractivity contribution < 1.29 is 20.6 Å². The molecule has 0 saturated carbocycles. The van der Waals surface area contributed by atoms with E-state index in [4.69, 9.17) is 34.7 Å². The van der Waals surface area contributed by atoms with Gasteiger partial charge in [0.05, 0.1) is 0 Å². The van der Waals surface area contributed by atoms with Crippen molar-refractivity contribution in [1.29, 1.82) is 0 Å². The van der Waals surface area contributed by atoms with Crippen molar-refractivity contribution >= 4 is 56.4 Å². The van der Waals surface area contributed by atoms with Crippen LogP contribution in [0.5, 0.6) is 11.5 Å². The molecule has 0 atom stereocenters. The second kappa shape index (κ2) is 16.1. The lowest BCUT2D eigenvalue weighted by Gasteiger charge is -2.16. The summed E-state index contributed by atoms with van der Waals surface area (Å²) in [4.78, 5) is 4.15. The molecule has 0 saturated heterocycles. The number of fused-ring (bicyclic) bond motifs is 2. The number of amidine groups is 2. The first kappa shape index (κ1) is 37.3. The van der Waals surface area contributed by atoms with Crippen LogP contribution in [0.2, 0.25) is 10.0 Å². The SMILES string of the molecule is NC(=NO)c1cc(Cl)cc(-c2ccc(O)cc2)c1-c1ccc2ccccc2c1.NC(=NO)c1cc(Cl)cc(-c2ccc(O)cc2)c1-c1ccc2cnccc2c1. The average Bonchev–Trinajstić information content (AvgIpc) is 3.23. The summed E-state index contributed by atoms with van der Waals surface area (Å²) in [5, 5.41) is 49.4. The molecule has 7 aromatic carbocycles. The molecule has 11 heteroatoms. The second-order valence-electron chi connectivity index (χ2n) is 12.8. The van der Waals surface area contributed by atoms with Crippen LogP contribution in [0.1, 0.15) is 11.1 Å².